The molecule has 2 amide bonds. The zero-order valence-electron chi connectivity index (χ0n) is 15.7. The molecule has 3 rings (SSSR count). The SMILES string of the molecule is O=C(Nc1ccc(Cl)cn1)C1CCCN(C(=O)CSc2ccc(C(F)(F)F)cn2)C1. The minimum atomic E-state index is -4.45. The van der Waals surface area contributed by atoms with Crippen molar-refractivity contribution in [2.24, 2.45) is 5.92 Å². The molecule has 0 bridgehead atoms. The number of rotatable bonds is 5. The summed E-state index contributed by atoms with van der Waals surface area (Å²) >= 11 is 6.84. The van der Waals surface area contributed by atoms with Crippen LogP contribution in [0.25, 0.3) is 0 Å². The lowest BCUT2D eigenvalue weighted by Crippen LogP contribution is -2.44. The Balaban J connectivity index is 1.51. The number of halogens is 4. The van der Waals surface area contributed by atoms with Crippen LogP contribution in [0.15, 0.2) is 41.7 Å². The normalized spacial score (nSPS) is 16.9. The number of hydrogen-bond donors (Lipinski definition) is 1. The molecule has 6 nitrogen and oxygen atoms in total. The monoisotopic (exact) mass is 458 g/mol. The maximum Gasteiger partial charge on any atom is 0.417 e. The molecule has 1 saturated heterocycles. The summed E-state index contributed by atoms with van der Waals surface area (Å²) in [5, 5.41) is 3.51. The van der Waals surface area contributed by atoms with Crippen LogP contribution in [-0.2, 0) is 15.8 Å². The summed E-state index contributed by atoms with van der Waals surface area (Å²) in [7, 11) is 0. The summed E-state index contributed by atoms with van der Waals surface area (Å²) in [4.78, 5) is 34.4. The molecule has 2 aromatic heterocycles. The second kappa shape index (κ2) is 9.65. The van der Waals surface area contributed by atoms with E-state index >= 15 is 0 Å². The third-order valence-electron chi connectivity index (χ3n) is 4.53. The molecular formula is C19H18ClF3N4O2S. The van der Waals surface area contributed by atoms with Gasteiger partial charge in [0.05, 0.1) is 27.3 Å². The molecule has 1 aliphatic heterocycles. The van der Waals surface area contributed by atoms with Crippen molar-refractivity contribution in [2.75, 3.05) is 24.2 Å². The largest absolute Gasteiger partial charge is 0.417 e. The zero-order chi connectivity index (χ0) is 21.7. The van der Waals surface area contributed by atoms with Gasteiger partial charge >= 0.3 is 6.18 Å². The molecule has 0 aromatic carbocycles. The van der Waals surface area contributed by atoms with Gasteiger partial charge in [-0.05, 0) is 37.1 Å². The van der Waals surface area contributed by atoms with Gasteiger partial charge in [-0.25, -0.2) is 9.97 Å². The predicted octanol–water partition coefficient (Wildman–Crippen LogP) is 4.12. The van der Waals surface area contributed by atoms with Crippen LogP contribution in [0, 0.1) is 5.92 Å². The van der Waals surface area contributed by atoms with Crippen LogP contribution in [0.1, 0.15) is 18.4 Å². The van der Waals surface area contributed by atoms with Gasteiger partial charge in [0.25, 0.3) is 0 Å². The minimum absolute atomic E-state index is 0.0332. The first-order chi connectivity index (χ1) is 14.2. The van der Waals surface area contributed by atoms with Crippen LogP contribution in [0.2, 0.25) is 5.02 Å². The molecule has 160 valence electrons. The summed E-state index contributed by atoms with van der Waals surface area (Å²) in [6.07, 6.45) is -0.936. The molecule has 0 radical (unpaired) electrons. The van der Waals surface area contributed by atoms with E-state index in [2.05, 4.69) is 15.3 Å². The van der Waals surface area contributed by atoms with Gasteiger partial charge in [-0.15, -0.1) is 0 Å². The fourth-order valence-electron chi connectivity index (χ4n) is 2.96. The number of piperidine rings is 1. The first-order valence-electron chi connectivity index (χ1n) is 9.08. The van der Waals surface area contributed by atoms with Crippen LogP contribution in [-0.4, -0.2) is 45.5 Å². The molecule has 0 saturated carbocycles. The smallest absolute Gasteiger partial charge is 0.341 e. The highest BCUT2D eigenvalue weighted by atomic mass is 35.5. The molecular weight excluding hydrogens is 441 g/mol. The Morgan fingerprint density at radius 3 is 2.63 bits per heavy atom. The molecule has 3 heterocycles. The molecule has 0 spiro atoms. The van der Waals surface area contributed by atoms with Crippen molar-refractivity contribution < 1.29 is 22.8 Å². The second-order valence-corrected chi connectivity index (χ2v) is 8.13. The summed E-state index contributed by atoms with van der Waals surface area (Å²) in [5.74, 6) is -0.361. The van der Waals surface area contributed by atoms with Gasteiger partial charge in [-0.3, -0.25) is 9.59 Å². The number of likely N-dealkylation sites (tertiary alicyclic amines) is 1. The highest BCUT2D eigenvalue weighted by Crippen LogP contribution is 2.29. The number of aromatic nitrogens is 2. The van der Waals surface area contributed by atoms with E-state index in [9.17, 15) is 22.8 Å². The summed E-state index contributed by atoms with van der Waals surface area (Å²) < 4.78 is 37.8. The Labute approximate surface area is 180 Å². The van der Waals surface area contributed by atoms with Gasteiger partial charge in [0.2, 0.25) is 11.8 Å². The summed E-state index contributed by atoms with van der Waals surface area (Å²) in [6, 6.07) is 5.39. The number of pyridine rings is 2. The van der Waals surface area contributed by atoms with Gasteiger partial charge in [0.15, 0.2) is 0 Å². The van der Waals surface area contributed by atoms with Crippen molar-refractivity contribution in [3.05, 3.63) is 47.2 Å². The summed E-state index contributed by atoms with van der Waals surface area (Å²) in [6.45, 7) is 0.808. The van der Waals surface area contributed by atoms with E-state index in [1.54, 1.807) is 17.0 Å². The van der Waals surface area contributed by atoms with Crippen LogP contribution in [0.4, 0.5) is 19.0 Å². The number of hydrogen-bond acceptors (Lipinski definition) is 5. The maximum absolute atomic E-state index is 12.6. The van der Waals surface area contributed by atoms with Crippen LogP contribution >= 0.6 is 23.4 Å². The van der Waals surface area contributed by atoms with E-state index < -0.39 is 11.7 Å². The van der Waals surface area contributed by atoms with Gasteiger partial charge in [0.1, 0.15) is 5.82 Å². The minimum Gasteiger partial charge on any atom is -0.341 e. The quantitative estimate of drug-likeness (QED) is 0.682. The van der Waals surface area contributed by atoms with Gasteiger partial charge in [-0.1, -0.05) is 23.4 Å². The number of alkyl halides is 3. The second-order valence-electron chi connectivity index (χ2n) is 6.70. The predicted molar refractivity (Wildman–Crippen MR) is 107 cm³/mol. The van der Waals surface area contributed by atoms with Crippen molar-refractivity contribution in [3.63, 3.8) is 0 Å². The van der Waals surface area contributed by atoms with Gasteiger partial charge in [-0.2, -0.15) is 13.2 Å². The Hall–Kier alpha value is -2.33. The third-order valence-corrected chi connectivity index (χ3v) is 5.68. The molecule has 1 aliphatic rings. The standard InChI is InChI=1S/C19H18ClF3N4O2S/c20-14-4-5-15(24-9-14)26-18(29)12-2-1-7-27(10-12)17(28)11-30-16-6-3-13(8-25-16)19(21,22)23/h3-6,8-9,12H,1-2,7,10-11H2,(H,24,26,29). The van der Waals surface area contributed by atoms with E-state index in [1.807, 2.05) is 0 Å². The number of nitrogens with one attached hydrogen (secondary N) is 1. The van der Waals surface area contributed by atoms with Crippen LogP contribution in [0.3, 0.4) is 0 Å². The summed E-state index contributed by atoms with van der Waals surface area (Å²) in [5.41, 5.74) is -0.835. The Kier molecular flexibility index (Phi) is 7.19. The Morgan fingerprint density at radius 1 is 1.20 bits per heavy atom. The molecule has 1 unspecified atom stereocenters. The third kappa shape index (κ3) is 6.09. The molecule has 11 heteroatoms. The zero-order valence-corrected chi connectivity index (χ0v) is 17.2. The van der Waals surface area contributed by atoms with Gasteiger partial charge < -0.3 is 10.2 Å². The number of carbonyl (C=O) groups is 2. The van der Waals surface area contributed by atoms with Gasteiger partial charge in [0, 0.05) is 25.5 Å². The molecule has 0 aliphatic carbocycles. The number of thioether (sulfide) groups is 1. The van der Waals surface area contributed by atoms with E-state index in [0.29, 0.717) is 35.3 Å². The Bertz CT molecular complexity index is 894. The molecule has 30 heavy (non-hydrogen) atoms. The molecule has 2 aromatic rings. The topological polar surface area (TPSA) is 75.2 Å². The average molecular weight is 459 g/mol. The molecule has 1 N–H and O–H groups in total. The number of nitrogens with zero attached hydrogens (tertiary/aromatic N) is 3. The lowest BCUT2D eigenvalue weighted by atomic mass is 9.97. The van der Waals surface area contributed by atoms with Crippen molar-refractivity contribution in [1.29, 1.82) is 0 Å². The fraction of sp³-hybridized carbons (Fsp3) is 0.368. The van der Waals surface area contributed by atoms with E-state index in [1.165, 1.54) is 12.3 Å². The number of carbonyl (C=O) groups excluding carboxylic acids is 2. The maximum atomic E-state index is 12.6. The van der Waals surface area contributed by atoms with E-state index in [-0.39, 0.29) is 30.0 Å². The van der Waals surface area contributed by atoms with E-state index in [4.69, 9.17) is 11.6 Å². The molecule has 1 fully saturated rings. The van der Waals surface area contributed by atoms with E-state index in [0.717, 1.165) is 24.0 Å². The number of anilines is 1. The van der Waals surface area contributed by atoms with Crippen molar-refractivity contribution in [3.8, 4) is 0 Å². The lowest BCUT2D eigenvalue weighted by Gasteiger charge is -2.32. The highest BCUT2D eigenvalue weighted by molar-refractivity contribution is 7.99. The first kappa shape index (κ1) is 22.4. The Morgan fingerprint density at radius 2 is 2.00 bits per heavy atom. The number of amides is 2. The van der Waals surface area contributed by atoms with Crippen molar-refractivity contribution in [1.82, 2.24) is 14.9 Å². The first-order valence-corrected chi connectivity index (χ1v) is 10.4. The fourth-order valence-corrected chi connectivity index (χ4v) is 3.81. The van der Waals surface area contributed by atoms with Crippen LogP contribution < -0.4 is 5.32 Å². The van der Waals surface area contributed by atoms with Crippen molar-refractivity contribution >= 4 is 41.0 Å². The highest BCUT2D eigenvalue weighted by Gasteiger charge is 2.31. The van der Waals surface area contributed by atoms with Crippen LogP contribution in [0.5, 0.6) is 0 Å². The lowest BCUT2D eigenvalue weighted by molar-refractivity contribution is -0.138. The van der Waals surface area contributed by atoms with Crippen molar-refractivity contribution in [2.45, 2.75) is 24.0 Å². The average Bonchev–Trinajstić information content (AvgIpc) is 2.73. The molecule has 1 atom stereocenters.